The van der Waals surface area contributed by atoms with Crippen LogP contribution >= 0.6 is 11.3 Å². The van der Waals surface area contributed by atoms with E-state index in [0.717, 1.165) is 22.3 Å². The number of benzene rings is 1. The number of aryl methyl sites for hydroxylation is 1. The second kappa shape index (κ2) is 7.53. The number of hydrogen-bond donors (Lipinski definition) is 1. The number of carbonyl (C=O) groups excluding carboxylic acids is 2. The van der Waals surface area contributed by atoms with Gasteiger partial charge in [-0.2, -0.15) is 0 Å². The lowest BCUT2D eigenvalue weighted by molar-refractivity contribution is -0.116. The molecule has 5 nitrogen and oxygen atoms in total. The molecule has 0 fully saturated rings. The molecule has 0 saturated heterocycles. The highest BCUT2D eigenvalue weighted by atomic mass is 32.1. The molecule has 1 amide bonds. The molecule has 0 atom stereocenters. The minimum Gasteiger partial charge on any atom is -0.461 e. The maximum absolute atomic E-state index is 12.5. The first-order valence-corrected chi connectivity index (χ1v) is 9.13. The van der Waals surface area contributed by atoms with Crippen molar-refractivity contribution in [1.82, 2.24) is 4.57 Å². The molecule has 0 saturated carbocycles. The lowest BCUT2D eigenvalue weighted by Gasteiger charge is -2.10. The molecule has 0 unspecified atom stereocenters. The summed E-state index contributed by atoms with van der Waals surface area (Å²) in [6.07, 6.45) is 0.955. The van der Waals surface area contributed by atoms with E-state index >= 15 is 0 Å². The summed E-state index contributed by atoms with van der Waals surface area (Å²) in [5.74, 6) is -0.591. The van der Waals surface area contributed by atoms with Crippen LogP contribution in [-0.4, -0.2) is 23.1 Å². The standard InChI is InChI=1S/C19H20N2O3S/c1-3-13-5-7-15(8-6-13)20-17(22)12-21-16(19(23)24-4-2)11-14-9-10-25-18(14)21/h5-11H,3-4,12H2,1-2H3,(H,20,22). The van der Waals surface area contributed by atoms with Gasteiger partial charge in [-0.1, -0.05) is 19.1 Å². The van der Waals surface area contributed by atoms with Gasteiger partial charge in [0.1, 0.15) is 17.1 Å². The average molecular weight is 356 g/mol. The molecule has 6 heteroatoms. The second-order valence-electron chi connectivity index (χ2n) is 5.62. The fraction of sp³-hybridized carbons (Fsp3) is 0.263. The van der Waals surface area contributed by atoms with Gasteiger partial charge >= 0.3 is 5.97 Å². The monoisotopic (exact) mass is 356 g/mol. The van der Waals surface area contributed by atoms with Gasteiger partial charge in [0, 0.05) is 11.1 Å². The number of nitrogens with zero attached hydrogens (tertiary/aromatic N) is 1. The predicted octanol–water partition coefficient (Wildman–Crippen LogP) is 4.08. The van der Waals surface area contributed by atoms with Crippen LogP contribution in [0, 0.1) is 0 Å². The van der Waals surface area contributed by atoms with E-state index in [1.54, 1.807) is 17.6 Å². The third-order valence-electron chi connectivity index (χ3n) is 3.93. The van der Waals surface area contributed by atoms with Gasteiger partial charge in [0.05, 0.1) is 6.61 Å². The van der Waals surface area contributed by atoms with Gasteiger partial charge < -0.3 is 14.6 Å². The number of carbonyl (C=O) groups is 2. The van der Waals surface area contributed by atoms with Crippen LogP contribution in [0.5, 0.6) is 0 Å². The quantitative estimate of drug-likeness (QED) is 0.677. The van der Waals surface area contributed by atoms with Crippen LogP contribution in [0.3, 0.4) is 0 Å². The number of ether oxygens (including phenoxy) is 1. The number of amides is 1. The summed E-state index contributed by atoms with van der Waals surface area (Å²) in [7, 11) is 0. The zero-order valence-electron chi connectivity index (χ0n) is 14.2. The van der Waals surface area contributed by atoms with Crippen molar-refractivity contribution in [2.45, 2.75) is 26.8 Å². The molecule has 0 radical (unpaired) electrons. The first kappa shape index (κ1) is 17.2. The zero-order chi connectivity index (χ0) is 17.8. The lowest BCUT2D eigenvalue weighted by atomic mass is 10.1. The van der Waals surface area contributed by atoms with Crippen molar-refractivity contribution in [3.8, 4) is 0 Å². The SMILES string of the molecule is CCOC(=O)c1cc2ccsc2n1CC(=O)Nc1ccc(CC)cc1. The van der Waals surface area contributed by atoms with Crippen LogP contribution in [0.25, 0.3) is 10.2 Å². The smallest absolute Gasteiger partial charge is 0.355 e. The zero-order valence-corrected chi connectivity index (χ0v) is 15.1. The van der Waals surface area contributed by atoms with Crippen LogP contribution < -0.4 is 5.32 Å². The highest BCUT2D eigenvalue weighted by molar-refractivity contribution is 7.16. The topological polar surface area (TPSA) is 60.3 Å². The maximum Gasteiger partial charge on any atom is 0.355 e. The minimum absolute atomic E-state index is 0.0632. The Morgan fingerprint density at radius 1 is 1.16 bits per heavy atom. The summed E-state index contributed by atoms with van der Waals surface area (Å²) in [6, 6.07) is 11.5. The summed E-state index contributed by atoms with van der Waals surface area (Å²) in [6.45, 7) is 4.21. The Labute approximate surface area is 150 Å². The number of rotatable bonds is 6. The average Bonchev–Trinajstić information content (AvgIpc) is 3.18. The molecule has 3 rings (SSSR count). The van der Waals surface area contributed by atoms with E-state index in [0.29, 0.717) is 12.3 Å². The van der Waals surface area contributed by atoms with Crippen molar-refractivity contribution in [3.63, 3.8) is 0 Å². The number of thiophene rings is 1. The van der Waals surface area contributed by atoms with Gasteiger partial charge in [-0.25, -0.2) is 4.79 Å². The molecule has 0 spiro atoms. The summed E-state index contributed by atoms with van der Waals surface area (Å²) >= 11 is 1.50. The third kappa shape index (κ3) is 3.74. The van der Waals surface area contributed by atoms with Gasteiger partial charge in [-0.05, 0) is 48.6 Å². The molecule has 2 heterocycles. The molecule has 3 aromatic rings. The van der Waals surface area contributed by atoms with Gasteiger partial charge in [-0.3, -0.25) is 4.79 Å². The van der Waals surface area contributed by atoms with E-state index in [-0.39, 0.29) is 12.5 Å². The van der Waals surface area contributed by atoms with Gasteiger partial charge in [0.15, 0.2) is 0 Å². The second-order valence-corrected chi connectivity index (χ2v) is 6.51. The number of anilines is 1. The van der Waals surface area contributed by atoms with Crippen LogP contribution in [-0.2, 0) is 22.5 Å². The Balaban J connectivity index is 1.80. The Bertz CT molecular complexity index is 893. The molecule has 130 valence electrons. The van der Waals surface area contributed by atoms with Crippen LogP contribution in [0.4, 0.5) is 5.69 Å². The lowest BCUT2D eigenvalue weighted by Crippen LogP contribution is -2.21. The molecule has 0 aliphatic heterocycles. The van der Waals surface area contributed by atoms with Crippen molar-refractivity contribution in [3.05, 3.63) is 53.0 Å². The van der Waals surface area contributed by atoms with E-state index in [1.165, 1.54) is 16.9 Å². The van der Waals surface area contributed by atoms with E-state index in [9.17, 15) is 9.59 Å². The first-order chi connectivity index (χ1) is 12.1. The highest BCUT2D eigenvalue weighted by Gasteiger charge is 2.19. The Hall–Kier alpha value is -2.60. The molecule has 0 aliphatic carbocycles. The van der Waals surface area contributed by atoms with Crippen LogP contribution in [0.15, 0.2) is 41.8 Å². The number of hydrogen-bond acceptors (Lipinski definition) is 4. The van der Waals surface area contributed by atoms with E-state index in [1.807, 2.05) is 35.7 Å². The molecular formula is C19H20N2O3S. The fourth-order valence-corrected chi connectivity index (χ4v) is 3.57. The molecular weight excluding hydrogens is 336 g/mol. The maximum atomic E-state index is 12.5. The Morgan fingerprint density at radius 2 is 1.92 bits per heavy atom. The first-order valence-electron chi connectivity index (χ1n) is 8.25. The van der Waals surface area contributed by atoms with Crippen LogP contribution in [0.2, 0.25) is 0 Å². The van der Waals surface area contributed by atoms with Gasteiger partial charge in [0.2, 0.25) is 5.91 Å². The number of aromatic nitrogens is 1. The van der Waals surface area contributed by atoms with Crippen LogP contribution in [0.1, 0.15) is 29.9 Å². The summed E-state index contributed by atoms with van der Waals surface area (Å²) < 4.78 is 6.82. The fourth-order valence-electron chi connectivity index (χ4n) is 2.67. The summed E-state index contributed by atoms with van der Waals surface area (Å²) in [4.78, 5) is 25.5. The highest BCUT2D eigenvalue weighted by Crippen LogP contribution is 2.26. The predicted molar refractivity (Wildman–Crippen MR) is 100 cm³/mol. The number of nitrogens with one attached hydrogen (secondary N) is 1. The van der Waals surface area contributed by atoms with E-state index in [4.69, 9.17) is 4.74 Å². The van der Waals surface area contributed by atoms with E-state index in [2.05, 4.69) is 12.2 Å². The van der Waals surface area contributed by atoms with Crippen molar-refractivity contribution < 1.29 is 14.3 Å². The molecule has 0 aliphatic rings. The van der Waals surface area contributed by atoms with Gasteiger partial charge in [-0.15, -0.1) is 11.3 Å². The molecule has 2 aromatic heterocycles. The normalized spacial score (nSPS) is 10.8. The van der Waals surface area contributed by atoms with E-state index < -0.39 is 5.97 Å². The Morgan fingerprint density at radius 3 is 2.60 bits per heavy atom. The van der Waals surface area contributed by atoms with Crippen molar-refractivity contribution in [2.75, 3.05) is 11.9 Å². The van der Waals surface area contributed by atoms with Crippen molar-refractivity contribution in [2.24, 2.45) is 0 Å². The van der Waals surface area contributed by atoms with Crippen molar-refractivity contribution >= 4 is 39.1 Å². The molecule has 1 aromatic carbocycles. The Kier molecular flexibility index (Phi) is 5.19. The summed E-state index contributed by atoms with van der Waals surface area (Å²) in [5, 5.41) is 5.76. The molecule has 0 bridgehead atoms. The number of fused-ring (bicyclic) bond motifs is 1. The molecule has 1 N–H and O–H groups in total. The molecule has 25 heavy (non-hydrogen) atoms. The summed E-state index contributed by atoms with van der Waals surface area (Å²) in [5.41, 5.74) is 2.36. The van der Waals surface area contributed by atoms with Gasteiger partial charge in [0.25, 0.3) is 0 Å². The minimum atomic E-state index is -0.411. The largest absolute Gasteiger partial charge is 0.461 e. The third-order valence-corrected chi connectivity index (χ3v) is 4.89. The number of esters is 1. The van der Waals surface area contributed by atoms with Crippen molar-refractivity contribution in [1.29, 1.82) is 0 Å².